The fraction of sp³-hybridized carbons (Fsp3) is 0.143. The second kappa shape index (κ2) is 5.31. The molecule has 1 heterocycles. The van der Waals surface area contributed by atoms with Gasteiger partial charge in [0.1, 0.15) is 5.15 Å². The third-order valence-electron chi connectivity index (χ3n) is 1.26. The molecule has 0 atom stereocenters. The van der Waals surface area contributed by atoms with Crippen LogP contribution in [-0.4, -0.2) is 11.0 Å². The molecule has 0 aliphatic carbocycles. The Balaban J connectivity index is 0.00000121. The van der Waals surface area contributed by atoms with Crippen LogP contribution in [0.25, 0.3) is 0 Å². The van der Waals surface area contributed by atoms with Crippen LogP contribution in [-0.2, 0) is 0 Å². The molecule has 0 aliphatic rings. The Hall–Kier alpha value is 0.546. The number of hydrogen-bond donors (Lipinski definition) is 0. The predicted octanol–water partition coefficient (Wildman–Crippen LogP) is -2.59. The summed E-state index contributed by atoms with van der Waals surface area (Å²) >= 11 is 5.46. The van der Waals surface area contributed by atoms with Crippen LogP contribution in [0.4, 0.5) is 0 Å². The number of carboxylic acid groups (broad SMARTS) is 1. The number of carbonyl (C=O) groups excluding carboxylic acids is 1. The topological polar surface area (TPSA) is 53.0 Å². The SMILES string of the molecule is Cc1ccc(Cl)nc1C(=O)[O-].[K+]. The molecule has 0 radical (unpaired) electrons. The van der Waals surface area contributed by atoms with Crippen LogP contribution in [0.1, 0.15) is 16.1 Å². The molecule has 58 valence electrons. The van der Waals surface area contributed by atoms with Gasteiger partial charge in [-0.05, 0) is 18.6 Å². The molecule has 12 heavy (non-hydrogen) atoms. The number of aromatic carboxylic acids is 1. The van der Waals surface area contributed by atoms with Crippen molar-refractivity contribution in [2.24, 2.45) is 0 Å². The molecule has 0 bridgehead atoms. The normalized spacial score (nSPS) is 8.83. The number of carboxylic acids is 1. The fourth-order valence-electron chi connectivity index (χ4n) is 0.712. The Morgan fingerprint density at radius 3 is 2.58 bits per heavy atom. The summed E-state index contributed by atoms with van der Waals surface area (Å²) in [6.07, 6.45) is 0. The van der Waals surface area contributed by atoms with Gasteiger partial charge in [0.25, 0.3) is 0 Å². The van der Waals surface area contributed by atoms with Crippen molar-refractivity contribution in [3.8, 4) is 0 Å². The standard InChI is InChI=1S/C7H6ClNO2.K/c1-4-2-3-5(8)9-6(4)7(10)11;/h2-3H,1H3,(H,10,11);/q;+1/p-1. The van der Waals surface area contributed by atoms with E-state index in [1.165, 1.54) is 6.07 Å². The maximum absolute atomic E-state index is 10.3. The smallest absolute Gasteiger partial charge is 0.543 e. The number of nitrogens with zero attached hydrogens (tertiary/aromatic N) is 1. The van der Waals surface area contributed by atoms with E-state index >= 15 is 0 Å². The van der Waals surface area contributed by atoms with Crippen LogP contribution in [0.3, 0.4) is 0 Å². The van der Waals surface area contributed by atoms with Gasteiger partial charge in [-0.2, -0.15) is 0 Å². The summed E-state index contributed by atoms with van der Waals surface area (Å²) in [6, 6.07) is 3.11. The van der Waals surface area contributed by atoms with Crippen molar-refractivity contribution in [1.82, 2.24) is 4.98 Å². The number of hydrogen-bond acceptors (Lipinski definition) is 3. The molecule has 1 rings (SSSR count). The van der Waals surface area contributed by atoms with E-state index in [9.17, 15) is 9.90 Å². The minimum atomic E-state index is -1.30. The van der Waals surface area contributed by atoms with Crippen molar-refractivity contribution < 1.29 is 61.3 Å². The Bertz CT molecular complexity index is 303. The van der Waals surface area contributed by atoms with Gasteiger partial charge < -0.3 is 9.90 Å². The van der Waals surface area contributed by atoms with E-state index in [1.54, 1.807) is 13.0 Å². The first-order chi connectivity index (χ1) is 5.11. The predicted molar refractivity (Wildman–Crippen MR) is 38.3 cm³/mol. The van der Waals surface area contributed by atoms with E-state index < -0.39 is 5.97 Å². The molecule has 0 N–H and O–H groups in total. The first kappa shape index (κ1) is 12.5. The zero-order chi connectivity index (χ0) is 8.43. The molecular formula is C7H5ClKNO2. The van der Waals surface area contributed by atoms with E-state index in [0.29, 0.717) is 5.56 Å². The van der Waals surface area contributed by atoms with Gasteiger partial charge in [0.15, 0.2) is 0 Å². The van der Waals surface area contributed by atoms with Crippen LogP contribution in [0, 0.1) is 6.92 Å². The third-order valence-corrected chi connectivity index (χ3v) is 1.47. The molecule has 0 spiro atoms. The number of aromatic nitrogens is 1. The Kier molecular flexibility index (Phi) is 5.56. The molecule has 1 aromatic rings. The Morgan fingerprint density at radius 2 is 2.17 bits per heavy atom. The van der Waals surface area contributed by atoms with Gasteiger partial charge in [-0.25, -0.2) is 4.98 Å². The van der Waals surface area contributed by atoms with Crippen molar-refractivity contribution in [2.45, 2.75) is 6.92 Å². The maximum atomic E-state index is 10.3. The summed E-state index contributed by atoms with van der Waals surface area (Å²) in [6.45, 7) is 1.63. The monoisotopic (exact) mass is 209 g/mol. The number of pyridine rings is 1. The molecule has 0 unspecified atom stereocenters. The molecule has 0 fully saturated rings. The van der Waals surface area contributed by atoms with E-state index in [2.05, 4.69) is 4.98 Å². The van der Waals surface area contributed by atoms with Gasteiger partial charge in [0, 0.05) is 0 Å². The second-order valence-electron chi connectivity index (χ2n) is 2.09. The van der Waals surface area contributed by atoms with Crippen molar-refractivity contribution in [2.75, 3.05) is 0 Å². The van der Waals surface area contributed by atoms with Crippen LogP contribution >= 0.6 is 11.6 Å². The van der Waals surface area contributed by atoms with E-state index in [4.69, 9.17) is 11.6 Å². The zero-order valence-corrected chi connectivity index (χ0v) is 10.7. The van der Waals surface area contributed by atoms with Gasteiger partial charge in [0.05, 0.1) is 11.7 Å². The molecule has 0 aliphatic heterocycles. The number of carbonyl (C=O) groups is 1. The number of rotatable bonds is 1. The van der Waals surface area contributed by atoms with E-state index in [0.717, 1.165) is 0 Å². The minimum absolute atomic E-state index is 0. The number of halogens is 1. The summed E-state index contributed by atoms with van der Waals surface area (Å²) in [4.78, 5) is 13.9. The first-order valence-corrected chi connectivity index (χ1v) is 3.33. The van der Waals surface area contributed by atoms with Crippen molar-refractivity contribution in [3.63, 3.8) is 0 Å². The van der Waals surface area contributed by atoms with Crippen molar-refractivity contribution >= 4 is 17.6 Å². The Labute approximate surface area is 118 Å². The van der Waals surface area contributed by atoms with Gasteiger partial charge >= 0.3 is 51.4 Å². The summed E-state index contributed by atoms with van der Waals surface area (Å²) in [5.74, 6) is -1.30. The molecule has 0 saturated heterocycles. The molecule has 0 aromatic carbocycles. The fourth-order valence-corrected chi connectivity index (χ4v) is 0.859. The summed E-state index contributed by atoms with van der Waals surface area (Å²) in [5.41, 5.74) is 0.451. The average Bonchev–Trinajstić information content (AvgIpc) is 1.94. The molecule has 0 saturated carbocycles. The van der Waals surface area contributed by atoms with Crippen LogP contribution in [0.2, 0.25) is 5.15 Å². The average molecular weight is 210 g/mol. The first-order valence-electron chi connectivity index (χ1n) is 2.96. The summed E-state index contributed by atoms with van der Waals surface area (Å²) in [5, 5.41) is 10.5. The molecular weight excluding hydrogens is 205 g/mol. The second-order valence-corrected chi connectivity index (χ2v) is 2.47. The van der Waals surface area contributed by atoms with Gasteiger partial charge in [0.2, 0.25) is 0 Å². The minimum Gasteiger partial charge on any atom is -0.543 e. The third kappa shape index (κ3) is 3.12. The van der Waals surface area contributed by atoms with E-state index in [-0.39, 0.29) is 62.2 Å². The summed E-state index contributed by atoms with van der Waals surface area (Å²) < 4.78 is 0. The molecule has 3 nitrogen and oxygen atoms in total. The number of aryl methyl sites for hydroxylation is 1. The maximum Gasteiger partial charge on any atom is 1.00 e. The van der Waals surface area contributed by atoms with Crippen LogP contribution < -0.4 is 56.5 Å². The Morgan fingerprint density at radius 1 is 1.58 bits per heavy atom. The van der Waals surface area contributed by atoms with Gasteiger partial charge in [-0.15, -0.1) is 0 Å². The van der Waals surface area contributed by atoms with Gasteiger partial charge in [-0.3, -0.25) is 0 Å². The molecule has 1 aromatic heterocycles. The molecule has 5 heteroatoms. The van der Waals surface area contributed by atoms with Crippen molar-refractivity contribution in [1.29, 1.82) is 0 Å². The largest absolute Gasteiger partial charge is 1.00 e. The molecule has 0 amide bonds. The zero-order valence-electron chi connectivity index (χ0n) is 6.80. The quantitative estimate of drug-likeness (QED) is 0.377. The van der Waals surface area contributed by atoms with Crippen LogP contribution in [0.5, 0.6) is 0 Å². The van der Waals surface area contributed by atoms with Crippen LogP contribution in [0.15, 0.2) is 12.1 Å². The van der Waals surface area contributed by atoms with E-state index in [1.807, 2.05) is 0 Å². The van der Waals surface area contributed by atoms with Gasteiger partial charge in [-0.1, -0.05) is 17.7 Å². The summed E-state index contributed by atoms with van der Waals surface area (Å²) in [7, 11) is 0. The van der Waals surface area contributed by atoms with Crippen molar-refractivity contribution in [3.05, 3.63) is 28.5 Å².